The molecule has 0 saturated carbocycles. The highest BCUT2D eigenvalue weighted by Gasteiger charge is 2.14. The van der Waals surface area contributed by atoms with Crippen LogP contribution in [0.3, 0.4) is 0 Å². The van der Waals surface area contributed by atoms with Crippen molar-refractivity contribution in [1.82, 2.24) is 5.32 Å². The van der Waals surface area contributed by atoms with E-state index in [9.17, 15) is 4.79 Å². The van der Waals surface area contributed by atoms with Crippen LogP contribution in [0.5, 0.6) is 11.5 Å². The summed E-state index contributed by atoms with van der Waals surface area (Å²) in [6.07, 6.45) is -0.600. The van der Waals surface area contributed by atoms with Gasteiger partial charge in [-0.15, -0.1) is 0 Å². The molecule has 0 bridgehead atoms. The van der Waals surface area contributed by atoms with Gasteiger partial charge in [-0.25, -0.2) is 0 Å². The van der Waals surface area contributed by atoms with Gasteiger partial charge in [0, 0.05) is 0 Å². The molecule has 0 aliphatic rings. The number of nitrogens with one attached hydrogen (secondary N) is 1. The van der Waals surface area contributed by atoms with Crippen LogP contribution in [0.15, 0.2) is 66.7 Å². The zero-order valence-electron chi connectivity index (χ0n) is 14.4. The van der Waals surface area contributed by atoms with Crippen LogP contribution in [0.4, 0.5) is 0 Å². The van der Waals surface area contributed by atoms with Crippen LogP contribution in [0, 0.1) is 0 Å². The van der Waals surface area contributed by atoms with Crippen molar-refractivity contribution in [3.63, 3.8) is 0 Å². The van der Waals surface area contributed by atoms with Crippen LogP contribution in [0.1, 0.15) is 6.92 Å². The van der Waals surface area contributed by atoms with Crippen molar-refractivity contribution in [3.05, 3.63) is 71.8 Å². The second-order valence-corrected chi connectivity index (χ2v) is 6.25. The lowest BCUT2D eigenvalue weighted by Crippen LogP contribution is -2.38. The van der Waals surface area contributed by atoms with Gasteiger partial charge in [-0.3, -0.25) is 4.79 Å². The summed E-state index contributed by atoms with van der Waals surface area (Å²) in [6, 6.07) is 21.0. The van der Waals surface area contributed by atoms with Crippen molar-refractivity contribution in [2.45, 2.75) is 13.0 Å². The number of halogens is 1. The standard InChI is InChI=1S/C21H20ClNO3/c1-15(26-18-11-10-16-6-2-3-7-17(16)14-18)21(24)23-12-13-25-20-9-5-4-8-19(20)22/h2-11,14-15H,12-13H2,1H3,(H,23,24)/t15-/m0/s1. The van der Waals surface area contributed by atoms with Gasteiger partial charge in [0.15, 0.2) is 6.10 Å². The Morgan fingerprint density at radius 1 is 1.04 bits per heavy atom. The average molecular weight is 370 g/mol. The van der Waals surface area contributed by atoms with E-state index in [1.165, 1.54) is 0 Å². The average Bonchev–Trinajstić information content (AvgIpc) is 2.66. The third kappa shape index (κ3) is 4.67. The van der Waals surface area contributed by atoms with Crippen molar-refractivity contribution in [3.8, 4) is 11.5 Å². The quantitative estimate of drug-likeness (QED) is 0.626. The third-order valence-electron chi connectivity index (χ3n) is 3.90. The molecule has 0 saturated heterocycles. The van der Waals surface area contributed by atoms with Gasteiger partial charge in [0.1, 0.15) is 18.1 Å². The summed E-state index contributed by atoms with van der Waals surface area (Å²) in [4.78, 5) is 12.2. The molecule has 1 N–H and O–H groups in total. The summed E-state index contributed by atoms with van der Waals surface area (Å²) >= 11 is 6.02. The zero-order valence-corrected chi connectivity index (χ0v) is 15.2. The van der Waals surface area contributed by atoms with E-state index in [-0.39, 0.29) is 5.91 Å². The van der Waals surface area contributed by atoms with Crippen molar-refractivity contribution in [2.24, 2.45) is 0 Å². The van der Waals surface area contributed by atoms with Crippen LogP contribution in [0.2, 0.25) is 5.02 Å². The van der Waals surface area contributed by atoms with E-state index in [0.717, 1.165) is 10.8 Å². The number of benzene rings is 3. The van der Waals surface area contributed by atoms with Gasteiger partial charge in [-0.2, -0.15) is 0 Å². The number of rotatable bonds is 7. The van der Waals surface area contributed by atoms with Crippen LogP contribution < -0.4 is 14.8 Å². The number of hydrogen-bond acceptors (Lipinski definition) is 3. The van der Waals surface area contributed by atoms with Crippen LogP contribution >= 0.6 is 11.6 Å². The number of para-hydroxylation sites is 1. The highest BCUT2D eigenvalue weighted by Crippen LogP contribution is 2.23. The first-order valence-electron chi connectivity index (χ1n) is 8.44. The Bertz CT molecular complexity index is 897. The fourth-order valence-electron chi connectivity index (χ4n) is 2.54. The highest BCUT2D eigenvalue weighted by atomic mass is 35.5. The molecule has 0 spiro atoms. The molecule has 0 aliphatic carbocycles. The van der Waals surface area contributed by atoms with Crippen molar-refractivity contribution >= 4 is 28.3 Å². The number of hydrogen-bond donors (Lipinski definition) is 1. The monoisotopic (exact) mass is 369 g/mol. The molecule has 0 aromatic heterocycles. The van der Waals surface area contributed by atoms with Crippen LogP contribution in [0.25, 0.3) is 10.8 Å². The first kappa shape index (κ1) is 18.1. The Hall–Kier alpha value is -2.72. The summed E-state index contributed by atoms with van der Waals surface area (Å²) < 4.78 is 11.3. The van der Waals surface area contributed by atoms with E-state index >= 15 is 0 Å². The third-order valence-corrected chi connectivity index (χ3v) is 4.21. The smallest absolute Gasteiger partial charge is 0.260 e. The molecular weight excluding hydrogens is 350 g/mol. The van der Waals surface area contributed by atoms with E-state index in [0.29, 0.717) is 29.7 Å². The lowest BCUT2D eigenvalue weighted by atomic mass is 10.1. The molecule has 3 aromatic carbocycles. The maximum absolute atomic E-state index is 12.2. The normalized spacial score (nSPS) is 11.8. The molecule has 26 heavy (non-hydrogen) atoms. The van der Waals surface area contributed by atoms with Gasteiger partial charge in [0.2, 0.25) is 0 Å². The maximum atomic E-state index is 12.2. The molecule has 0 heterocycles. The summed E-state index contributed by atoms with van der Waals surface area (Å²) in [7, 11) is 0. The lowest BCUT2D eigenvalue weighted by molar-refractivity contribution is -0.127. The molecule has 0 radical (unpaired) electrons. The maximum Gasteiger partial charge on any atom is 0.260 e. The van der Waals surface area contributed by atoms with Crippen LogP contribution in [-0.2, 0) is 4.79 Å². The number of carbonyl (C=O) groups is 1. The fourth-order valence-corrected chi connectivity index (χ4v) is 2.73. The topological polar surface area (TPSA) is 47.6 Å². The van der Waals surface area contributed by atoms with Gasteiger partial charge in [0.05, 0.1) is 11.6 Å². The van der Waals surface area contributed by atoms with Crippen molar-refractivity contribution in [1.29, 1.82) is 0 Å². The lowest BCUT2D eigenvalue weighted by Gasteiger charge is -2.15. The molecule has 1 amide bonds. The summed E-state index contributed by atoms with van der Waals surface area (Å²) in [5.41, 5.74) is 0. The van der Waals surface area contributed by atoms with E-state index in [2.05, 4.69) is 5.32 Å². The van der Waals surface area contributed by atoms with Gasteiger partial charge in [-0.05, 0) is 42.0 Å². The van der Waals surface area contributed by atoms with E-state index in [4.69, 9.17) is 21.1 Å². The molecule has 5 heteroatoms. The number of ether oxygens (including phenoxy) is 2. The van der Waals surface area contributed by atoms with E-state index in [1.54, 1.807) is 19.1 Å². The Balaban J connectivity index is 1.47. The number of carbonyl (C=O) groups excluding carboxylic acids is 1. The molecule has 0 fully saturated rings. The molecule has 3 rings (SSSR count). The Labute approximate surface area is 157 Å². The number of amides is 1. The molecule has 134 valence electrons. The summed E-state index contributed by atoms with van der Waals surface area (Å²) in [6.45, 7) is 2.42. The van der Waals surface area contributed by atoms with Crippen LogP contribution in [-0.4, -0.2) is 25.2 Å². The second kappa shape index (κ2) is 8.59. The first-order valence-corrected chi connectivity index (χ1v) is 8.82. The van der Waals surface area contributed by atoms with E-state index in [1.807, 2.05) is 54.6 Å². The zero-order chi connectivity index (χ0) is 18.4. The van der Waals surface area contributed by atoms with Gasteiger partial charge in [0.25, 0.3) is 5.91 Å². The molecule has 4 nitrogen and oxygen atoms in total. The van der Waals surface area contributed by atoms with Crippen molar-refractivity contribution in [2.75, 3.05) is 13.2 Å². The summed E-state index contributed by atoms with van der Waals surface area (Å²) in [5, 5.41) is 5.55. The largest absolute Gasteiger partial charge is 0.490 e. The number of fused-ring (bicyclic) bond motifs is 1. The van der Waals surface area contributed by atoms with Gasteiger partial charge in [-0.1, -0.05) is 54.1 Å². The Morgan fingerprint density at radius 2 is 1.77 bits per heavy atom. The predicted molar refractivity (Wildman–Crippen MR) is 104 cm³/mol. The minimum Gasteiger partial charge on any atom is -0.490 e. The molecular formula is C21H20ClNO3. The molecule has 3 aromatic rings. The SMILES string of the molecule is C[C@H](Oc1ccc2ccccc2c1)C(=O)NCCOc1ccccc1Cl. The Morgan fingerprint density at radius 3 is 2.58 bits per heavy atom. The Kier molecular flexibility index (Phi) is 5.97. The summed E-state index contributed by atoms with van der Waals surface area (Å²) in [5.74, 6) is 1.07. The predicted octanol–water partition coefficient (Wildman–Crippen LogP) is 4.46. The van der Waals surface area contributed by atoms with Gasteiger partial charge < -0.3 is 14.8 Å². The molecule has 1 atom stereocenters. The molecule has 0 aliphatic heterocycles. The highest BCUT2D eigenvalue weighted by molar-refractivity contribution is 6.32. The van der Waals surface area contributed by atoms with E-state index < -0.39 is 6.10 Å². The van der Waals surface area contributed by atoms with Crippen molar-refractivity contribution < 1.29 is 14.3 Å². The second-order valence-electron chi connectivity index (χ2n) is 5.84. The van der Waals surface area contributed by atoms with Gasteiger partial charge >= 0.3 is 0 Å². The fraction of sp³-hybridized carbons (Fsp3) is 0.190. The first-order chi connectivity index (χ1) is 12.6. The minimum atomic E-state index is -0.600. The molecule has 0 unspecified atom stereocenters. The minimum absolute atomic E-state index is 0.194.